The highest BCUT2D eigenvalue weighted by Crippen LogP contribution is 2.23. The van der Waals surface area contributed by atoms with Gasteiger partial charge in [-0.3, -0.25) is 9.69 Å². The van der Waals surface area contributed by atoms with Gasteiger partial charge in [-0.25, -0.2) is 0 Å². The maximum absolute atomic E-state index is 12.2. The van der Waals surface area contributed by atoms with Gasteiger partial charge in [0.1, 0.15) is 0 Å². The Kier molecular flexibility index (Phi) is 6.14. The van der Waals surface area contributed by atoms with Crippen LogP contribution in [0.4, 0.5) is 5.69 Å². The SMILES string of the molecule is NC(=S)CN(CC(=O)Nc1cccc(Br)c1)C1CCCC1. The Hall–Kier alpha value is -0.980. The first kappa shape index (κ1) is 16.4. The van der Waals surface area contributed by atoms with Crippen molar-refractivity contribution in [2.24, 2.45) is 5.73 Å². The molecule has 1 aromatic rings. The first-order valence-corrected chi connectivity index (χ1v) is 8.32. The number of hydrogen-bond donors (Lipinski definition) is 2. The minimum absolute atomic E-state index is 0.0312. The van der Waals surface area contributed by atoms with Gasteiger partial charge in [-0.1, -0.05) is 47.1 Å². The predicted octanol–water partition coefficient (Wildman–Crippen LogP) is 2.92. The first-order valence-electron chi connectivity index (χ1n) is 7.12. The smallest absolute Gasteiger partial charge is 0.238 e. The predicted molar refractivity (Wildman–Crippen MR) is 93.4 cm³/mol. The van der Waals surface area contributed by atoms with Crippen LogP contribution >= 0.6 is 28.1 Å². The maximum atomic E-state index is 12.2. The number of rotatable bonds is 6. The third-order valence-corrected chi connectivity index (χ3v) is 4.28. The second-order valence-corrected chi connectivity index (χ2v) is 6.81. The summed E-state index contributed by atoms with van der Waals surface area (Å²) in [6.07, 6.45) is 4.66. The van der Waals surface area contributed by atoms with E-state index in [1.54, 1.807) is 0 Å². The molecule has 0 unspecified atom stereocenters. The number of hydrogen-bond acceptors (Lipinski definition) is 3. The molecule has 0 bridgehead atoms. The van der Waals surface area contributed by atoms with Crippen molar-refractivity contribution in [3.05, 3.63) is 28.7 Å². The van der Waals surface area contributed by atoms with Crippen molar-refractivity contribution in [3.8, 4) is 0 Å². The van der Waals surface area contributed by atoms with E-state index in [0.29, 0.717) is 24.1 Å². The van der Waals surface area contributed by atoms with E-state index < -0.39 is 0 Å². The van der Waals surface area contributed by atoms with E-state index in [-0.39, 0.29) is 5.91 Å². The summed E-state index contributed by atoms with van der Waals surface area (Å²) in [5.41, 5.74) is 6.45. The number of carbonyl (C=O) groups excluding carboxylic acids is 1. The zero-order chi connectivity index (χ0) is 15.2. The van der Waals surface area contributed by atoms with Gasteiger partial charge in [-0.05, 0) is 31.0 Å². The Morgan fingerprint density at radius 1 is 1.38 bits per heavy atom. The van der Waals surface area contributed by atoms with Crippen molar-refractivity contribution >= 4 is 44.7 Å². The fourth-order valence-electron chi connectivity index (χ4n) is 2.73. The molecular formula is C15H20BrN3OS. The molecular weight excluding hydrogens is 350 g/mol. The summed E-state index contributed by atoms with van der Waals surface area (Å²) in [6.45, 7) is 0.834. The normalized spacial score (nSPS) is 15.3. The van der Waals surface area contributed by atoms with Gasteiger partial charge in [0.25, 0.3) is 0 Å². The Balaban J connectivity index is 1.95. The van der Waals surface area contributed by atoms with Gasteiger partial charge in [-0.2, -0.15) is 0 Å². The van der Waals surface area contributed by atoms with E-state index in [1.165, 1.54) is 12.8 Å². The highest BCUT2D eigenvalue weighted by atomic mass is 79.9. The minimum Gasteiger partial charge on any atom is -0.392 e. The van der Waals surface area contributed by atoms with Crippen LogP contribution in [-0.4, -0.2) is 34.9 Å². The highest BCUT2D eigenvalue weighted by molar-refractivity contribution is 9.10. The van der Waals surface area contributed by atoms with Gasteiger partial charge < -0.3 is 11.1 Å². The zero-order valence-electron chi connectivity index (χ0n) is 11.8. The van der Waals surface area contributed by atoms with Crippen molar-refractivity contribution in [2.75, 3.05) is 18.4 Å². The number of amides is 1. The Morgan fingerprint density at radius 3 is 2.71 bits per heavy atom. The van der Waals surface area contributed by atoms with Gasteiger partial charge in [0.05, 0.1) is 11.5 Å². The van der Waals surface area contributed by atoms with E-state index in [4.69, 9.17) is 18.0 Å². The van der Waals surface area contributed by atoms with Crippen molar-refractivity contribution in [1.82, 2.24) is 4.90 Å². The Morgan fingerprint density at radius 2 is 2.10 bits per heavy atom. The molecule has 0 radical (unpaired) electrons. The lowest BCUT2D eigenvalue weighted by molar-refractivity contribution is -0.117. The van der Waals surface area contributed by atoms with Crippen LogP contribution in [0.3, 0.4) is 0 Å². The van der Waals surface area contributed by atoms with Crippen molar-refractivity contribution < 1.29 is 4.79 Å². The third-order valence-electron chi connectivity index (χ3n) is 3.66. The minimum atomic E-state index is -0.0312. The summed E-state index contributed by atoms with van der Waals surface area (Å²) in [6, 6.07) is 7.98. The summed E-state index contributed by atoms with van der Waals surface area (Å²) in [5.74, 6) is -0.0312. The first-order chi connectivity index (χ1) is 10.0. The Labute approximate surface area is 139 Å². The molecule has 0 aromatic heterocycles. The molecule has 114 valence electrons. The van der Waals surface area contributed by atoms with Crippen molar-refractivity contribution in [2.45, 2.75) is 31.7 Å². The molecule has 0 spiro atoms. The van der Waals surface area contributed by atoms with Crippen LogP contribution in [0.5, 0.6) is 0 Å². The van der Waals surface area contributed by atoms with E-state index in [2.05, 4.69) is 26.1 Å². The molecule has 1 aromatic carbocycles. The lowest BCUT2D eigenvalue weighted by Gasteiger charge is -2.27. The third kappa shape index (κ3) is 5.37. The zero-order valence-corrected chi connectivity index (χ0v) is 14.3. The van der Waals surface area contributed by atoms with Gasteiger partial charge in [0, 0.05) is 22.7 Å². The van der Waals surface area contributed by atoms with E-state index in [0.717, 1.165) is 23.0 Å². The molecule has 3 N–H and O–H groups in total. The number of benzene rings is 1. The molecule has 1 fully saturated rings. The number of nitrogens with two attached hydrogens (primary N) is 1. The molecule has 2 rings (SSSR count). The van der Waals surface area contributed by atoms with Crippen LogP contribution in [0.1, 0.15) is 25.7 Å². The molecule has 4 nitrogen and oxygen atoms in total. The number of nitrogens with zero attached hydrogens (tertiary/aromatic N) is 1. The maximum Gasteiger partial charge on any atom is 0.238 e. The Bertz CT molecular complexity index is 517. The second-order valence-electron chi connectivity index (χ2n) is 5.37. The summed E-state index contributed by atoms with van der Waals surface area (Å²) >= 11 is 8.40. The molecule has 1 aliphatic carbocycles. The number of halogens is 1. The van der Waals surface area contributed by atoms with Crippen molar-refractivity contribution in [3.63, 3.8) is 0 Å². The van der Waals surface area contributed by atoms with Gasteiger partial charge in [0.2, 0.25) is 5.91 Å². The standard InChI is InChI=1S/C15H20BrN3OS/c16-11-4-3-5-12(8-11)18-15(20)10-19(9-14(17)21)13-6-1-2-7-13/h3-5,8,13H,1-2,6-7,9-10H2,(H2,17,21)(H,18,20). The van der Waals surface area contributed by atoms with Crippen LogP contribution in [0.25, 0.3) is 0 Å². The second kappa shape index (κ2) is 7.87. The fourth-order valence-corrected chi connectivity index (χ4v) is 3.30. The van der Waals surface area contributed by atoms with Gasteiger partial charge in [-0.15, -0.1) is 0 Å². The largest absolute Gasteiger partial charge is 0.392 e. The molecule has 6 heteroatoms. The quantitative estimate of drug-likeness (QED) is 0.756. The van der Waals surface area contributed by atoms with E-state index >= 15 is 0 Å². The number of anilines is 1. The molecule has 0 aliphatic heterocycles. The van der Waals surface area contributed by atoms with Gasteiger partial charge in [0.15, 0.2) is 0 Å². The average molecular weight is 370 g/mol. The molecule has 1 amide bonds. The summed E-state index contributed by atoms with van der Waals surface area (Å²) in [5, 5.41) is 2.92. The summed E-state index contributed by atoms with van der Waals surface area (Å²) < 4.78 is 0.941. The molecule has 21 heavy (non-hydrogen) atoms. The van der Waals surface area contributed by atoms with Crippen molar-refractivity contribution in [1.29, 1.82) is 0 Å². The van der Waals surface area contributed by atoms with Crippen LogP contribution in [0.2, 0.25) is 0 Å². The van der Waals surface area contributed by atoms with Crippen LogP contribution in [-0.2, 0) is 4.79 Å². The lowest BCUT2D eigenvalue weighted by Crippen LogP contribution is -2.43. The van der Waals surface area contributed by atoms with Crippen LogP contribution < -0.4 is 11.1 Å². The number of carbonyl (C=O) groups is 1. The topological polar surface area (TPSA) is 58.4 Å². The highest BCUT2D eigenvalue weighted by Gasteiger charge is 2.24. The fraction of sp³-hybridized carbons (Fsp3) is 0.467. The van der Waals surface area contributed by atoms with Gasteiger partial charge >= 0.3 is 0 Å². The average Bonchev–Trinajstić information content (AvgIpc) is 2.91. The summed E-state index contributed by atoms with van der Waals surface area (Å²) in [4.78, 5) is 14.8. The lowest BCUT2D eigenvalue weighted by atomic mass is 10.2. The summed E-state index contributed by atoms with van der Waals surface area (Å²) in [7, 11) is 0. The molecule has 0 saturated heterocycles. The molecule has 1 aliphatic rings. The van der Waals surface area contributed by atoms with Crippen LogP contribution in [0, 0.1) is 0 Å². The van der Waals surface area contributed by atoms with Crippen LogP contribution in [0.15, 0.2) is 28.7 Å². The number of nitrogens with one attached hydrogen (secondary N) is 1. The number of thiocarbonyl (C=S) groups is 1. The van der Waals surface area contributed by atoms with E-state index in [1.807, 2.05) is 24.3 Å². The van der Waals surface area contributed by atoms with E-state index in [9.17, 15) is 4.79 Å². The molecule has 0 atom stereocenters. The monoisotopic (exact) mass is 369 g/mol. The molecule has 1 saturated carbocycles. The molecule has 0 heterocycles.